The Kier molecular flexibility index (Phi) is 3.35. The topological polar surface area (TPSA) is 65.8 Å². The summed E-state index contributed by atoms with van der Waals surface area (Å²) in [7, 11) is 0. The van der Waals surface area contributed by atoms with Gasteiger partial charge in [0.05, 0.1) is 16.9 Å². The summed E-state index contributed by atoms with van der Waals surface area (Å²) in [4.78, 5) is 16.3. The normalized spacial score (nSPS) is 9.83. The predicted molar refractivity (Wildman–Crippen MR) is 65.9 cm³/mol. The predicted octanol–water partition coefficient (Wildman–Crippen LogP) is 2.71. The highest BCUT2D eigenvalue weighted by molar-refractivity contribution is 7.12. The van der Waals surface area contributed by atoms with E-state index < -0.39 is 11.7 Å². The van der Waals surface area contributed by atoms with Crippen LogP contribution in [0.4, 0.5) is 10.1 Å². The van der Waals surface area contributed by atoms with Gasteiger partial charge in [-0.2, -0.15) is 5.26 Å². The van der Waals surface area contributed by atoms with Crippen LogP contribution in [-0.4, -0.2) is 10.9 Å². The van der Waals surface area contributed by atoms with E-state index >= 15 is 0 Å². The van der Waals surface area contributed by atoms with E-state index in [4.69, 9.17) is 5.26 Å². The van der Waals surface area contributed by atoms with Gasteiger partial charge in [-0.3, -0.25) is 4.79 Å². The first kappa shape index (κ1) is 12.2. The van der Waals surface area contributed by atoms with E-state index in [1.54, 1.807) is 18.5 Å². The standard InChI is InChI=1S/C12H8FN3OS/c1-7-11(18-6-15-7)12(17)16-10-4-2-3-9(13)8(10)5-14/h2-4,6H,1H3,(H,16,17). The van der Waals surface area contributed by atoms with Crippen LogP contribution in [0.25, 0.3) is 0 Å². The summed E-state index contributed by atoms with van der Waals surface area (Å²) in [6.45, 7) is 1.71. The number of aromatic nitrogens is 1. The van der Waals surface area contributed by atoms with Gasteiger partial charge < -0.3 is 5.32 Å². The van der Waals surface area contributed by atoms with Gasteiger partial charge in [-0.1, -0.05) is 6.07 Å². The maximum atomic E-state index is 13.3. The third-order valence-corrected chi connectivity index (χ3v) is 3.25. The third-order valence-electron chi connectivity index (χ3n) is 2.33. The van der Waals surface area contributed by atoms with Gasteiger partial charge in [-0.15, -0.1) is 11.3 Å². The van der Waals surface area contributed by atoms with E-state index in [0.29, 0.717) is 10.6 Å². The SMILES string of the molecule is Cc1ncsc1C(=O)Nc1cccc(F)c1C#N. The van der Waals surface area contributed by atoms with Gasteiger partial charge in [-0.05, 0) is 19.1 Å². The molecule has 1 aromatic carbocycles. The van der Waals surface area contributed by atoms with Crippen molar-refractivity contribution in [3.8, 4) is 6.07 Å². The van der Waals surface area contributed by atoms with Crippen molar-refractivity contribution in [2.24, 2.45) is 0 Å². The van der Waals surface area contributed by atoms with Crippen LogP contribution in [0.5, 0.6) is 0 Å². The number of thiazole rings is 1. The number of hydrogen-bond acceptors (Lipinski definition) is 4. The molecule has 1 amide bonds. The molecule has 90 valence electrons. The lowest BCUT2D eigenvalue weighted by molar-refractivity contribution is 0.103. The molecule has 0 unspecified atom stereocenters. The number of nitriles is 1. The van der Waals surface area contributed by atoms with Crippen molar-refractivity contribution in [3.05, 3.63) is 45.7 Å². The Morgan fingerprint density at radius 2 is 2.33 bits per heavy atom. The molecule has 0 aliphatic rings. The van der Waals surface area contributed by atoms with E-state index in [2.05, 4.69) is 10.3 Å². The van der Waals surface area contributed by atoms with Crippen LogP contribution in [0.3, 0.4) is 0 Å². The molecular weight excluding hydrogens is 253 g/mol. The van der Waals surface area contributed by atoms with Gasteiger partial charge in [-0.25, -0.2) is 9.37 Å². The average molecular weight is 261 g/mol. The maximum absolute atomic E-state index is 13.3. The number of nitrogens with zero attached hydrogens (tertiary/aromatic N) is 2. The minimum Gasteiger partial charge on any atom is -0.320 e. The Bertz CT molecular complexity index is 645. The molecule has 0 fully saturated rings. The Morgan fingerprint density at radius 1 is 1.56 bits per heavy atom. The Morgan fingerprint density at radius 3 is 2.94 bits per heavy atom. The first-order chi connectivity index (χ1) is 8.63. The number of benzene rings is 1. The largest absolute Gasteiger partial charge is 0.320 e. The Balaban J connectivity index is 2.31. The lowest BCUT2D eigenvalue weighted by Crippen LogP contribution is -2.13. The third kappa shape index (κ3) is 2.21. The summed E-state index contributed by atoms with van der Waals surface area (Å²) < 4.78 is 13.3. The molecule has 1 aromatic heterocycles. The fourth-order valence-electron chi connectivity index (χ4n) is 1.44. The highest BCUT2D eigenvalue weighted by Crippen LogP contribution is 2.20. The molecular formula is C12H8FN3OS. The fourth-order valence-corrected chi connectivity index (χ4v) is 2.14. The van der Waals surface area contributed by atoms with Gasteiger partial charge in [0.2, 0.25) is 0 Å². The molecule has 0 saturated heterocycles. The van der Waals surface area contributed by atoms with Crippen LogP contribution in [0.2, 0.25) is 0 Å². The van der Waals surface area contributed by atoms with Gasteiger partial charge in [0.15, 0.2) is 0 Å². The monoisotopic (exact) mass is 261 g/mol. The molecule has 1 heterocycles. The number of hydrogen-bond donors (Lipinski definition) is 1. The highest BCUT2D eigenvalue weighted by atomic mass is 32.1. The van der Waals surface area contributed by atoms with Gasteiger partial charge in [0.1, 0.15) is 22.3 Å². The summed E-state index contributed by atoms with van der Waals surface area (Å²) in [5.41, 5.74) is 2.15. The Hall–Kier alpha value is -2.26. The van der Waals surface area contributed by atoms with E-state index in [0.717, 1.165) is 0 Å². The molecule has 2 aromatic rings. The molecule has 0 aliphatic heterocycles. The minimum atomic E-state index is -0.656. The maximum Gasteiger partial charge on any atom is 0.267 e. The van der Waals surface area contributed by atoms with Crippen molar-refractivity contribution in [2.45, 2.75) is 6.92 Å². The number of halogens is 1. The number of carbonyl (C=O) groups excluding carboxylic acids is 1. The molecule has 2 rings (SSSR count). The molecule has 18 heavy (non-hydrogen) atoms. The van der Waals surface area contributed by atoms with Crippen molar-refractivity contribution in [2.75, 3.05) is 5.32 Å². The van der Waals surface area contributed by atoms with Gasteiger partial charge in [0, 0.05) is 0 Å². The lowest BCUT2D eigenvalue weighted by Gasteiger charge is -2.06. The second-order valence-electron chi connectivity index (χ2n) is 3.50. The first-order valence-electron chi connectivity index (χ1n) is 5.03. The van der Waals surface area contributed by atoms with Crippen molar-refractivity contribution >= 4 is 22.9 Å². The second kappa shape index (κ2) is 4.94. The summed E-state index contributed by atoms with van der Waals surface area (Å²) in [5.74, 6) is -1.05. The van der Waals surface area contributed by atoms with Crippen molar-refractivity contribution in [1.82, 2.24) is 4.98 Å². The number of rotatable bonds is 2. The quantitative estimate of drug-likeness (QED) is 0.903. The van der Waals surface area contributed by atoms with Crippen LogP contribution in [0.1, 0.15) is 20.9 Å². The Labute approximate surface area is 107 Å². The zero-order valence-electron chi connectivity index (χ0n) is 9.40. The van der Waals surface area contributed by atoms with Crippen LogP contribution >= 0.6 is 11.3 Å². The molecule has 0 radical (unpaired) electrons. The van der Waals surface area contributed by atoms with Crippen molar-refractivity contribution in [1.29, 1.82) is 5.26 Å². The minimum absolute atomic E-state index is 0.162. The molecule has 0 bridgehead atoms. The molecule has 1 N–H and O–H groups in total. The number of amides is 1. The van der Waals surface area contributed by atoms with Crippen LogP contribution in [0.15, 0.2) is 23.7 Å². The van der Waals surface area contributed by atoms with Crippen molar-refractivity contribution < 1.29 is 9.18 Å². The van der Waals surface area contributed by atoms with E-state index in [-0.39, 0.29) is 11.3 Å². The van der Waals surface area contributed by atoms with Gasteiger partial charge in [0.25, 0.3) is 5.91 Å². The molecule has 0 saturated carbocycles. The van der Waals surface area contributed by atoms with Gasteiger partial charge >= 0.3 is 0 Å². The number of anilines is 1. The van der Waals surface area contributed by atoms with Crippen molar-refractivity contribution in [3.63, 3.8) is 0 Å². The zero-order valence-corrected chi connectivity index (χ0v) is 10.2. The number of nitrogens with one attached hydrogen (secondary N) is 1. The number of carbonyl (C=O) groups is 1. The lowest BCUT2D eigenvalue weighted by atomic mass is 10.2. The smallest absolute Gasteiger partial charge is 0.267 e. The highest BCUT2D eigenvalue weighted by Gasteiger charge is 2.15. The van der Waals surface area contributed by atoms with Crippen LogP contribution in [0, 0.1) is 24.1 Å². The molecule has 0 atom stereocenters. The number of aryl methyl sites for hydroxylation is 1. The summed E-state index contributed by atoms with van der Waals surface area (Å²) in [5, 5.41) is 11.4. The van der Waals surface area contributed by atoms with Crippen LogP contribution < -0.4 is 5.32 Å². The van der Waals surface area contributed by atoms with E-state index in [9.17, 15) is 9.18 Å². The van der Waals surface area contributed by atoms with E-state index in [1.165, 1.54) is 29.5 Å². The summed E-state index contributed by atoms with van der Waals surface area (Å²) >= 11 is 1.19. The second-order valence-corrected chi connectivity index (χ2v) is 4.35. The molecule has 6 heteroatoms. The van der Waals surface area contributed by atoms with Crippen LogP contribution in [-0.2, 0) is 0 Å². The molecule has 4 nitrogen and oxygen atoms in total. The van der Waals surface area contributed by atoms with E-state index in [1.807, 2.05) is 0 Å². The fraction of sp³-hybridized carbons (Fsp3) is 0.0833. The summed E-state index contributed by atoms with van der Waals surface area (Å²) in [6, 6.07) is 5.82. The zero-order chi connectivity index (χ0) is 13.1. The molecule has 0 aliphatic carbocycles. The summed E-state index contributed by atoms with van der Waals surface area (Å²) in [6.07, 6.45) is 0. The first-order valence-corrected chi connectivity index (χ1v) is 5.91. The average Bonchev–Trinajstić information content (AvgIpc) is 2.76. The molecule has 0 spiro atoms.